The Morgan fingerprint density at radius 2 is 2.58 bits per heavy atom. The van der Waals surface area contributed by atoms with E-state index in [0.29, 0.717) is 0 Å². The van der Waals surface area contributed by atoms with Crippen molar-refractivity contribution in [2.75, 3.05) is 0 Å². The summed E-state index contributed by atoms with van der Waals surface area (Å²) in [4.78, 5) is 4.16. The predicted molar refractivity (Wildman–Crippen MR) is 45.6 cm³/mol. The highest BCUT2D eigenvalue weighted by Crippen LogP contribution is 2.20. The molecule has 3 nitrogen and oxygen atoms in total. The second-order valence-electron chi connectivity index (χ2n) is 3.58. The summed E-state index contributed by atoms with van der Waals surface area (Å²) in [5, 5.41) is 8.99. The lowest BCUT2D eigenvalue weighted by Gasteiger charge is -2.21. The minimum Gasteiger partial charge on any atom is -0.388 e. The first kappa shape index (κ1) is 7.80. The van der Waals surface area contributed by atoms with Gasteiger partial charge in [-0.15, -0.1) is 0 Å². The summed E-state index contributed by atoms with van der Waals surface area (Å²) >= 11 is 0. The van der Waals surface area contributed by atoms with Crippen LogP contribution in [-0.4, -0.2) is 14.7 Å². The van der Waals surface area contributed by atoms with Gasteiger partial charge in [0.05, 0.1) is 0 Å². The highest BCUT2D eigenvalue weighted by molar-refractivity contribution is 5.07. The van der Waals surface area contributed by atoms with E-state index in [9.17, 15) is 0 Å². The molecule has 1 aliphatic heterocycles. The second kappa shape index (κ2) is 2.90. The minimum absolute atomic E-state index is 0.0622. The smallest absolute Gasteiger partial charge is 0.134 e. The molecule has 0 saturated heterocycles. The molecule has 0 aliphatic carbocycles. The van der Waals surface area contributed by atoms with Crippen molar-refractivity contribution >= 4 is 0 Å². The van der Waals surface area contributed by atoms with Crippen LogP contribution in [0.25, 0.3) is 0 Å². The standard InChI is InChI=1S/C9H14N2O/c1-7-2-3-8-4-10-9(6-12)11(8)5-7/h4,7,12H,2-3,5-6H2,1H3. The molecular formula is C9H14N2O. The summed E-state index contributed by atoms with van der Waals surface area (Å²) in [6, 6.07) is 0. The van der Waals surface area contributed by atoms with Gasteiger partial charge in [-0.05, 0) is 18.8 Å². The van der Waals surface area contributed by atoms with Crippen LogP contribution < -0.4 is 0 Å². The largest absolute Gasteiger partial charge is 0.388 e. The normalized spacial score (nSPS) is 22.3. The van der Waals surface area contributed by atoms with Gasteiger partial charge in [0.2, 0.25) is 0 Å². The average molecular weight is 166 g/mol. The summed E-state index contributed by atoms with van der Waals surface area (Å²) in [6.07, 6.45) is 4.24. The molecule has 0 aromatic carbocycles. The Labute approximate surface area is 72.0 Å². The number of imidazole rings is 1. The Morgan fingerprint density at radius 3 is 3.33 bits per heavy atom. The highest BCUT2D eigenvalue weighted by Gasteiger charge is 2.17. The average Bonchev–Trinajstić information content (AvgIpc) is 2.46. The zero-order valence-electron chi connectivity index (χ0n) is 7.32. The third-order valence-corrected chi connectivity index (χ3v) is 2.55. The molecule has 0 saturated carbocycles. The third-order valence-electron chi connectivity index (χ3n) is 2.55. The van der Waals surface area contributed by atoms with Crippen LogP contribution in [0.2, 0.25) is 0 Å². The molecule has 1 aromatic rings. The predicted octanol–water partition coefficient (Wildman–Crippen LogP) is 0.958. The zero-order valence-corrected chi connectivity index (χ0v) is 7.32. The zero-order chi connectivity index (χ0) is 8.55. The van der Waals surface area contributed by atoms with Gasteiger partial charge in [0, 0.05) is 18.4 Å². The van der Waals surface area contributed by atoms with E-state index in [1.807, 2.05) is 6.20 Å². The van der Waals surface area contributed by atoms with Crippen LogP contribution in [-0.2, 0) is 19.6 Å². The molecule has 0 radical (unpaired) electrons. The molecule has 0 fully saturated rings. The first-order valence-corrected chi connectivity index (χ1v) is 4.45. The SMILES string of the molecule is CC1CCc2cnc(CO)n2C1. The monoisotopic (exact) mass is 166 g/mol. The molecule has 1 unspecified atom stereocenters. The maximum absolute atomic E-state index is 8.99. The Balaban J connectivity index is 2.34. The van der Waals surface area contributed by atoms with Crippen LogP contribution in [0.4, 0.5) is 0 Å². The first-order valence-electron chi connectivity index (χ1n) is 4.45. The Bertz CT molecular complexity index is 267. The van der Waals surface area contributed by atoms with Gasteiger partial charge in [0.15, 0.2) is 0 Å². The number of rotatable bonds is 1. The van der Waals surface area contributed by atoms with E-state index in [1.165, 1.54) is 12.1 Å². The molecule has 3 heteroatoms. The van der Waals surface area contributed by atoms with Gasteiger partial charge in [0.25, 0.3) is 0 Å². The molecule has 66 valence electrons. The van der Waals surface area contributed by atoms with Crippen molar-refractivity contribution in [3.63, 3.8) is 0 Å². The van der Waals surface area contributed by atoms with Gasteiger partial charge in [-0.2, -0.15) is 0 Å². The fourth-order valence-electron chi connectivity index (χ4n) is 1.80. The first-order chi connectivity index (χ1) is 5.81. The molecule has 2 heterocycles. The quantitative estimate of drug-likeness (QED) is 0.674. The number of fused-ring (bicyclic) bond motifs is 1. The topological polar surface area (TPSA) is 38.1 Å². The molecule has 12 heavy (non-hydrogen) atoms. The third kappa shape index (κ3) is 1.14. The molecule has 0 amide bonds. The molecular weight excluding hydrogens is 152 g/mol. The number of hydrogen-bond acceptors (Lipinski definition) is 2. The van der Waals surface area contributed by atoms with Gasteiger partial charge in [-0.1, -0.05) is 6.92 Å². The fraction of sp³-hybridized carbons (Fsp3) is 0.667. The molecule has 1 aromatic heterocycles. The number of hydrogen-bond donors (Lipinski definition) is 1. The van der Waals surface area contributed by atoms with Crippen molar-refractivity contribution in [3.8, 4) is 0 Å². The molecule has 0 bridgehead atoms. The van der Waals surface area contributed by atoms with E-state index in [0.717, 1.165) is 24.7 Å². The number of aromatic nitrogens is 2. The minimum atomic E-state index is 0.0622. The maximum atomic E-state index is 8.99. The van der Waals surface area contributed by atoms with Crippen molar-refractivity contribution < 1.29 is 5.11 Å². The molecule has 2 rings (SSSR count). The van der Waals surface area contributed by atoms with E-state index < -0.39 is 0 Å². The summed E-state index contributed by atoms with van der Waals surface area (Å²) in [7, 11) is 0. The van der Waals surface area contributed by atoms with Gasteiger partial charge in [-0.3, -0.25) is 0 Å². The number of aliphatic hydroxyl groups excluding tert-OH is 1. The molecule has 1 atom stereocenters. The van der Waals surface area contributed by atoms with Crippen LogP contribution in [0.1, 0.15) is 24.9 Å². The lowest BCUT2D eigenvalue weighted by molar-refractivity contribution is 0.257. The van der Waals surface area contributed by atoms with Crippen molar-refractivity contribution in [1.82, 2.24) is 9.55 Å². The van der Waals surface area contributed by atoms with Crippen molar-refractivity contribution in [3.05, 3.63) is 17.7 Å². The van der Waals surface area contributed by atoms with E-state index in [-0.39, 0.29) is 6.61 Å². The van der Waals surface area contributed by atoms with Gasteiger partial charge < -0.3 is 9.67 Å². The Hall–Kier alpha value is -0.830. The summed E-state index contributed by atoms with van der Waals surface area (Å²) < 4.78 is 2.15. The fourth-order valence-corrected chi connectivity index (χ4v) is 1.80. The molecule has 0 spiro atoms. The van der Waals surface area contributed by atoms with E-state index in [2.05, 4.69) is 16.5 Å². The van der Waals surface area contributed by atoms with Crippen LogP contribution in [0, 0.1) is 5.92 Å². The number of aryl methyl sites for hydroxylation is 1. The van der Waals surface area contributed by atoms with Gasteiger partial charge >= 0.3 is 0 Å². The molecule has 1 aliphatic rings. The number of aliphatic hydroxyl groups is 1. The Morgan fingerprint density at radius 1 is 1.75 bits per heavy atom. The summed E-state index contributed by atoms with van der Waals surface area (Å²) in [6.45, 7) is 3.32. The second-order valence-corrected chi connectivity index (χ2v) is 3.58. The Kier molecular flexibility index (Phi) is 1.89. The van der Waals surface area contributed by atoms with Crippen LogP contribution >= 0.6 is 0 Å². The van der Waals surface area contributed by atoms with E-state index in [1.54, 1.807) is 0 Å². The lowest BCUT2D eigenvalue weighted by atomic mass is 10.0. The van der Waals surface area contributed by atoms with Crippen molar-refractivity contribution in [2.45, 2.75) is 32.9 Å². The van der Waals surface area contributed by atoms with Gasteiger partial charge in [-0.25, -0.2) is 4.98 Å². The van der Waals surface area contributed by atoms with E-state index in [4.69, 9.17) is 5.11 Å². The van der Waals surface area contributed by atoms with Crippen LogP contribution in [0.15, 0.2) is 6.20 Å². The maximum Gasteiger partial charge on any atom is 0.134 e. The van der Waals surface area contributed by atoms with Crippen LogP contribution in [0.5, 0.6) is 0 Å². The number of nitrogens with zero attached hydrogens (tertiary/aromatic N) is 2. The highest BCUT2D eigenvalue weighted by atomic mass is 16.3. The summed E-state index contributed by atoms with van der Waals surface area (Å²) in [5.41, 5.74) is 1.28. The van der Waals surface area contributed by atoms with Gasteiger partial charge in [0.1, 0.15) is 12.4 Å². The summed E-state index contributed by atoms with van der Waals surface area (Å²) in [5.74, 6) is 1.54. The lowest BCUT2D eigenvalue weighted by Crippen LogP contribution is -2.19. The van der Waals surface area contributed by atoms with E-state index >= 15 is 0 Å². The molecule has 1 N–H and O–H groups in total. The van der Waals surface area contributed by atoms with Crippen LogP contribution in [0.3, 0.4) is 0 Å². The van der Waals surface area contributed by atoms with Crippen molar-refractivity contribution in [1.29, 1.82) is 0 Å². The van der Waals surface area contributed by atoms with Crippen molar-refractivity contribution in [2.24, 2.45) is 5.92 Å².